The van der Waals surface area contributed by atoms with Gasteiger partial charge in [-0.3, -0.25) is 4.90 Å². The van der Waals surface area contributed by atoms with Gasteiger partial charge in [0.2, 0.25) is 6.79 Å². The Morgan fingerprint density at radius 3 is 2.52 bits per heavy atom. The van der Waals surface area contributed by atoms with Crippen LogP contribution in [0.1, 0.15) is 18.1 Å². The molecule has 0 fully saturated rings. The normalized spacial score (nSPS) is 13.9. The van der Waals surface area contributed by atoms with Crippen molar-refractivity contribution in [2.24, 2.45) is 5.92 Å². The second-order valence-corrected chi connectivity index (χ2v) is 6.46. The van der Waals surface area contributed by atoms with E-state index in [0.29, 0.717) is 6.54 Å². The zero-order chi connectivity index (χ0) is 17.6. The minimum Gasteiger partial charge on any atom is -0.496 e. The molecule has 5 nitrogen and oxygen atoms in total. The molecule has 134 valence electrons. The molecule has 1 aliphatic rings. The Balaban J connectivity index is 1.81. The topological polar surface area (TPSA) is 51.2 Å². The summed E-state index contributed by atoms with van der Waals surface area (Å²) in [5.74, 6) is 2.47. The lowest BCUT2D eigenvalue weighted by Gasteiger charge is -2.26. The van der Waals surface area contributed by atoms with Crippen molar-refractivity contribution in [3.05, 3.63) is 53.6 Å². The summed E-state index contributed by atoms with van der Waals surface area (Å²) in [7, 11) is 1.67. The van der Waals surface area contributed by atoms with E-state index in [9.17, 15) is 5.11 Å². The van der Waals surface area contributed by atoms with E-state index >= 15 is 0 Å². The highest BCUT2D eigenvalue weighted by molar-refractivity contribution is 5.51. The first-order chi connectivity index (χ1) is 12.2. The number of aliphatic hydroxyl groups is 1. The summed E-state index contributed by atoms with van der Waals surface area (Å²) < 4.78 is 16.5. The monoisotopic (exact) mass is 343 g/mol. The Morgan fingerprint density at radius 1 is 1.12 bits per heavy atom. The number of ether oxygens (including phenoxy) is 3. The highest BCUT2D eigenvalue weighted by Crippen LogP contribution is 2.38. The number of fused-ring (bicyclic) bond motifs is 1. The fourth-order valence-corrected chi connectivity index (χ4v) is 3.05. The lowest BCUT2D eigenvalue weighted by atomic mass is 10.1. The Morgan fingerprint density at radius 2 is 1.84 bits per heavy atom. The Bertz CT molecular complexity index is 690. The van der Waals surface area contributed by atoms with Crippen molar-refractivity contribution in [2.75, 3.05) is 27.1 Å². The van der Waals surface area contributed by atoms with E-state index in [1.54, 1.807) is 7.11 Å². The van der Waals surface area contributed by atoms with Gasteiger partial charge in [0.1, 0.15) is 5.75 Å². The lowest BCUT2D eigenvalue weighted by Crippen LogP contribution is -2.29. The first-order valence-corrected chi connectivity index (χ1v) is 8.53. The fourth-order valence-electron chi connectivity index (χ4n) is 3.05. The van der Waals surface area contributed by atoms with Gasteiger partial charge in [0.25, 0.3) is 0 Å². The summed E-state index contributed by atoms with van der Waals surface area (Å²) in [6, 6.07) is 14.2. The Kier molecular flexibility index (Phi) is 5.79. The SMILES string of the molecule is COc1cc2c(cc1CN(Cc1ccccc1)C[C@H](C)CO)OCO2. The largest absolute Gasteiger partial charge is 0.496 e. The third-order valence-corrected chi connectivity index (χ3v) is 4.30. The molecule has 0 saturated heterocycles. The van der Waals surface area contributed by atoms with Gasteiger partial charge in [-0.25, -0.2) is 0 Å². The van der Waals surface area contributed by atoms with Gasteiger partial charge >= 0.3 is 0 Å². The zero-order valence-electron chi connectivity index (χ0n) is 14.8. The summed E-state index contributed by atoms with van der Waals surface area (Å²) >= 11 is 0. The average Bonchev–Trinajstić information content (AvgIpc) is 3.09. The van der Waals surface area contributed by atoms with E-state index < -0.39 is 0 Å². The molecule has 0 amide bonds. The molecule has 25 heavy (non-hydrogen) atoms. The van der Waals surface area contributed by atoms with Crippen LogP contribution in [0.15, 0.2) is 42.5 Å². The van der Waals surface area contributed by atoms with Gasteiger partial charge in [0, 0.05) is 37.9 Å². The zero-order valence-corrected chi connectivity index (χ0v) is 14.8. The number of benzene rings is 2. The second kappa shape index (κ2) is 8.23. The number of hydrogen-bond acceptors (Lipinski definition) is 5. The molecular weight excluding hydrogens is 318 g/mol. The molecule has 5 heteroatoms. The number of rotatable bonds is 8. The van der Waals surface area contributed by atoms with Crippen molar-refractivity contribution < 1.29 is 19.3 Å². The fraction of sp³-hybridized carbons (Fsp3) is 0.400. The second-order valence-electron chi connectivity index (χ2n) is 6.46. The van der Waals surface area contributed by atoms with E-state index in [4.69, 9.17) is 14.2 Å². The number of aliphatic hydroxyl groups excluding tert-OH is 1. The molecule has 2 aromatic rings. The molecule has 0 saturated carbocycles. The Labute approximate surface area is 148 Å². The maximum atomic E-state index is 9.46. The molecule has 1 N–H and O–H groups in total. The molecule has 0 radical (unpaired) electrons. The summed E-state index contributed by atoms with van der Waals surface area (Å²) in [5.41, 5.74) is 2.29. The van der Waals surface area contributed by atoms with E-state index in [0.717, 1.165) is 35.9 Å². The lowest BCUT2D eigenvalue weighted by molar-refractivity contribution is 0.162. The van der Waals surface area contributed by atoms with Gasteiger partial charge in [-0.2, -0.15) is 0 Å². The van der Waals surface area contributed by atoms with Gasteiger partial charge in [-0.1, -0.05) is 37.3 Å². The molecule has 1 atom stereocenters. The summed E-state index contributed by atoms with van der Waals surface area (Å²) in [4.78, 5) is 2.32. The number of nitrogens with zero attached hydrogens (tertiary/aromatic N) is 1. The van der Waals surface area contributed by atoms with Crippen LogP contribution >= 0.6 is 0 Å². The smallest absolute Gasteiger partial charge is 0.231 e. The predicted octanol–water partition coefficient (Wildman–Crippen LogP) is 3.05. The van der Waals surface area contributed by atoms with Crippen LogP contribution in [-0.2, 0) is 13.1 Å². The molecule has 3 rings (SSSR count). The highest BCUT2D eigenvalue weighted by atomic mass is 16.7. The van der Waals surface area contributed by atoms with Crippen LogP contribution in [0.3, 0.4) is 0 Å². The number of methoxy groups -OCH3 is 1. The van der Waals surface area contributed by atoms with Crippen molar-refractivity contribution >= 4 is 0 Å². The molecule has 2 aromatic carbocycles. The first-order valence-electron chi connectivity index (χ1n) is 8.53. The van der Waals surface area contributed by atoms with Crippen LogP contribution in [-0.4, -0.2) is 37.1 Å². The predicted molar refractivity (Wildman–Crippen MR) is 95.9 cm³/mol. The summed E-state index contributed by atoms with van der Waals surface area (Å²) in [6.07, 6.45) is 0. The molecule has 0 unspecified atom stereocenters. The van der Waals surface area contributed by atoms with E-state index in [-0.39, 0.29) is 19.3 Å². The molecule has 0 bridgehead atoms. The van der Waals surface area contributed by atoms with Crippen molar-refractivity contribution in [1.82, 2.24) is 4.90 Å². The van der Waals surface area contributed by atoms with Gasteiger partial charge < -0.3 is 19.3 Å². The minimum atomic E-state index is 0.170. The third kappa shape index (κ3) is 4.44. The molecule has 0 aliphatic carbocycles. The molecule has 0 aromatic heterocycles. The minimum absolute atomic E-state index is 0.170. The molecule has 1 heterocycles. The summed E-state index contributed by atoms with van der Waals surface area (Å²) in [5, 5.41) is 9.46. The van der Waals surface area contributed by atoms with Crippen LogP contribution < -0.4 is 14.2 Å². The Hall–Kier alpha value is -2.24. The molecule has 0 spiro atoms. The molecule has 1 aliphatic heterocycles. The maximum absolute atomic E-state index is 9.46. The quantitative estimate of drug-likeness (QED) is 0.798. The average molecular weight is 343 g/mol. The third-order valence-electron chi connectivity index (χ3n) is 4.30. The van der Waals surface area contributed by atoms with Gasteiger partial charge in [-0.15, -0.1) is 0 Å². The highest BCUT2D eigenvalue weighted by Gasteiger charge is 2.20. The van der Waals surface area contributed by atoms with Crippen LogP contribution in [0.25, 0.3) is 0 Å². The van der Waals surface area contributed by atoms with Crippen molar-refractivity contribution in [1.29, 1.82) is 0 Å². The van der Waals surface area contributed by atoms with Crippen LogP contribution in [0.5, 0.6) is 17.2 Å². The molecular formula is C20H25NO4. The number of hydrogen-bond donors (Lipinski definition) is 1. The van der Waals surface area contributed by atoms with Crippen molar-refractivity contribution in [3.8, 4) is 17.2 Å². The standard InChI is InChI=1S/C20H25NO4/c1-15(13-22)10-21(11-16-6-4-3-5-7-16)12-17-8-19-20(25-14-24-19)9-18(17)23-2/h3-9,15,22H,10-14H2,1-2H3/t15-/m0/s1. The van der Waals surface area contributed by atoms with Crippen LogP contribution in [0, 0.1) is 5.92 Å². The summed E-state index contributed by atoms with van der Waals surface area (Å²) in [6.45, 7) is 4.78. The van der Waals surface area contributed by atoms with Gasteiger partial charge in [0.05, 0.1) is 7.11 Å². The van der Waals surface area contributed by atoms with Crippen LogP contribution in [0.2, 0.25) is 0 Å². The van der Waals surface area contributed by atoms with Crippen molar-refractivity contribution in [3.63, 3.8) is 0 Å². The maximum Gasteiger partial charge on any atom is 0.231 e. The van der Waals surface area contributed by atoms with Crippen molar-refractivity contribution in [2.45, 2.75) is 20.0 Å². The first kappa shape index (κ1) is 17.6. The van der Waals surface area contributed by atoms with Gasteiger partial charge in [0.15, 0.2) is 11.5 Å². The van der Waals surface area contributed by atoms with Gasteiger partial charge in [-0.05, 0) is 17.5 Å². The van der Waals surface area contributed by atoms with E-state index in [1.807, 2.05) is 30.3 Å². The van der Waals surface area contributed by atoms with E-state index in [2.05, 4.69) is 24.0 Å². The van der Waals surface area contributed by atoms with E-state index in [1.165, 1.54) is 5.56 Å². The van der Waals surface area contributed by atoms with Crippen LogP contribution in [0.4, 0.5) is 0 Å².